The van der Waals surface area contributed by atoms with Gasteiger partial charge in [-0.3, -0.25) is 0 Å². The maximum absolute atomic E-state index is 13.5. The third kappa shape index (κ3) is 2.43. The van der Waals surface area contributed by atoms with Crippen molar-refractivity contribution in [1.82, 2.24) is 0 Å². The molecule has 3 rings (SSSR count). The summed E-state index contributed by atoms with van der Waals surface area (Å²) in [5.41, 5.74) is 3.49. The van der Waals surface area contributed by atoms with E-state index in [2.05, 4.69) is 0 Å². The number of hydrogen-bond acceptors (Lipinski definition) is 3. The van der Waals surface area contributed by atoms with Crippen LogP contribution in [-0.4, -0.2) is 18.2 Å². The number of carbonyl (C=O) groups is 1. The molecule has 1 atom stereocenters. The van der Waals surface area contributed by atoms with Crippen LogP contribution < -0.4 is 0 Å². The normalized spacial score (nSPS) is 16.6. The van der Waals surface area contributed by atoms with Crippen molar-refractivity contribution in [2.24, 2.45) is 0 Å². The van der Waals surface area contributed by atoms with Gasteiger partial charge in [-0.05, 0) is 59.4 Å². The minimum absolute atomic E-state index is 0.375. The summed E-state index contributed by atoms with van der Waals surface area (Å²) in [6, 6.07) is 9.62. The maximum atomic E-state index is 13.5. The molecule has 21 heavy (non-hydrogen) atoms. The fourth-order valence-electron chi connectivity index (χ4n) is 2.81. The number of ether oxygens (including phenoxy) is 1. The van der Waals surface area contributed by atoms with Gasteiger partial charge in [0.25, 0.3) is 0 Å². The molecule has 0 heterocycles. The first-order valence-corrected chi connectivity index (χ1v) is 6.77. The van der Waals surface area contributed by atoms with Crippen molar-refractivity contribution in [3.05, 3.63) is 70.0 Å². The van der Waals surface area contributed by atoms with Crippen molar-refractivity contribution in [2.45, 2.75) is 18.9 Å². The van der Waals surface area contributed by atoms with E-state index in [1.165, 1.54) is 19.2 Å². The minimum Gasteiger partial charge on any atom is -0.465 e. The monoisotopic (exact) mass is 286 g/mol. The molecule has 0 saturated carbocycles. The van der Waals surface area contributed by atoms with Crippen LogP contribution in [0.4, 0.5) is 4.39 Å². The Balaban J connectivity index is 2.12. The first kappa shape index (κ1) is 13.8. The predicted molar refractivity (Wildman–Crippen MR) is 75.7 cm³/mol. The number of aliphatic hydroxyl groups is 1. The molecule has 4 heteroatoms. The number of fused-ring (bicyclic) bond motifs is 2. The van der Waals surface area contributed by atoms with Gasteiger partial charge in [0.05, 0.1) is 12.7 Å². The number of benzene rings is 2. The Morgan fingerprint density at radius 1 is 1.14 bits per heavy atom. The number of aliphatic hydroxyl groups excluding tert-OH is 1. The van der Waals surface area contributed by atoms with E-state index < -0.39 is 12.1 Å². The molecule has 0 fully saturated rings. The molecule has 108 valence electrons. The Morgan fingerprint density at radius 2 is 1.76 bits per heavy atom. The Kier molecular flexibility index (Phi) is 3.47. The lowest BCUT2D eigenvalue weighted by atomic mass is 9.95. The lowest BCUT2D eigenvalue weighted by Crippen LogP contribution is -2.07. The van der Waals surface area contributed by atoms with Crippen molar-refractivity contribution in [1.29, 1.82) is 0 Å². The van der Waals surface area contributed by atoms with E-state index in [0.29, 0.717) is 16.7 Å². The second kappa shape index (κ2) is 5.30. The highest BCUT2D eigenvalue weighted by Gasteiger charge is 2.23. The number of aryl methyl sites for hydroxylation is 2. The van der Waals surface area contributed by atoms with Gasteiger partial charge >= 0.3 is 5.97 Å². The van der Waals surface area contributed by atoms with Crippen LogP contribution in [0.1, 0.15) is 38.7 Å². The maximum Gasteiger partial charge on any atom is 0.337 e. The lowest BCUT2D eigenvalue weighted by molar-refractivity contribution is 0.0600. The molecule has 1 unspecified atom stereocenters. The standard InChI is InChI=1S/C17H15FO3/c1-21-17(20)12-5-4-10-2-3-11-6-7-13(18)9-15(11)16(19)14(10)8-12/h4-9,16,19H,2-3H2,1H3. The zero-order valence-corrected chi connectivity index (χ0v) is 11.6. The SMILES string of the molecule is COC(=O)c1ccc2c(c1)C(O)c1cc(F)ccc1CC2. The molecule has 0 amide bonds. The summed E-state index contributed by atoms with van der Waals surface area (Å²) >= 11 is 0. The molecule has 2 aromatic carbocycles. The molecular weight excluding hydrogens is 271 g/mol. The van der Waals surface area contributed by atoms with Crippen LogP contribution in [0.15, 0.2) is 36.4 Å². The van der Waals surface area contributed by atoms with Gasteiger partial charge in [-0.2, -0.15) is 0 Å². The molecule has 1 N–H and O–H groups in total. The van der Waals surface area contributed by atoms with Crippen LogP contribution >= 0.6 is 0 Å². The highest BCUT2D eigenvalue weighted by Crippen LogP contribution is 2.33. The van der Waals surface area contributed by atoms with Gasteiger partial charge in [0, 0.05) is 0 Å². The van der Waals surface area contributed by atoms with Gasteiger partial charge in [0.15, 0.2) is 0 Å². The first-order valence-electron chi connectivity index (χ1n) is 6.77. The molecule has 1 aliphatic rings. The molecule has 0 radical (unpaired) electrons. The zero-order chi connectivity index (χ0) is 15.0. The van der Waals surface area contributed by atoms with E-state index in [1.807, 2.05) is 6.07 Å². The summed E-state index contributed by atoms with van der Waals surface area (Å²) < 4.78 is 18.2. The molecule has 0 saturated heterocycles. The van der Waals surface area contributed by atoms with E-state index in [4.69, 9.17) is 4.74 Å². The number of halogens is 1. The highest BCUT2D eigenvalue weighted by atomic mass is 19.1. The number of hydrogen-bond donors (Lipinski definition) is 1. The van der Waals surface area contributed by atoms with Gasteiger partial charge in [0.1, 0.15) is 11.9 Å². The number of rotatable bonds is 1. The number of carbonyl (C=O) groups excluding carboxylic acids is 1. The highest BCUT2D eigenvalue weighted by molar-refractivity contribution is 5.89. The Morgan fingerprint density at radius 3 is 2.43 bits per heavy atom. The molecule has 0 aliphatic heterocycles. The number of esters is 1. The Labute approximate surface area is 122 Å². The van der Waals surface area contributed by atoms with Crippen molar-refractivity contribution in [3.63, 3.8) is 0 Å². The van der Waals surface area contributed by atoms with Crippen molar-refractivity contribution < 1.29 is 19.0 Å². The molecule has 1 aliphatic carbocycles. The Hall–Kier alpha value is -2.20. The van der Waals surface area contributed by atoms with Crippen LogP contribution in [0.25, 0.3) is 0 Å². The van der Waals surface area contributed by atoms with Gasteiger partial charge in [0.2, 0.25) is 0 Å². The third-order valence-electron chi connectivity index (χ3n) is 3.93. The first-order chi connectivity index (χ1) is 10.1. The van der Waals surface area contributed by atoms with Crippen molar-refractivity contribution in [3.8, 4) is 0 Å². The van der Waals surface area contributed by atoms with Gasteiger partial charge in [-0.1, -0.05) is 12.1 Å². The topological polar surface area (TPSA) is 46.5 Å². The second-order valence-corrected chi connectivity index (χ2v) is 5.15. The second-order valence-electron chi connectivity index (χ2n) is 5.15. The molecular formula is C17H15FO3. The van der Waals surface area contributed by atoms with E-state index in [0.717, 1.165) is 24.0 Å². The van der Waals surface area contributed by atoms with Gasteiger partial charge in [-0.15, -0.1) is 0 Å². The van der Waals surface area contributed by atoms with Crippen LogP contribution in [0.2, 0.25) is 0 Å². The summed E-state index contributed by atoms with van der Waals surface area (Å²) in [5, 5.41) is 10.6. The summed E-state index contributed by atoms with van der Waals surface area (Å²) in [6.45, 7) is 0. The average Bonchev–Trinajstić information content (AvgIpc) is 2.64. The fraction of sp³-hybridized carbons (Fsp3) is 0.235. The van der Waals surface area contributed by atoms with Crippen LogP contribution in [0.5, 0.6) is 0 Å². The summed E-state index contributed by atoms with van der Waals surface area (Å²) in [6.07, 6.45) is 0.543. The largest absolute Gasteiger partial charge is 0.465 e. The van der Waals surface area contributed by atoms with E-state index in [1.54, 1.807) is 18.2 Å². The minimum atomic E-state index is -0.933. The summed E-state index contributed by atoms with van der Waals surface area (Å²) in [7, 11) is 1.31. The van der Waals surface area contributed by atoms with Crippen LogP contribution in [0, 0.1) is 5.82 Å². The van der Waals surface area contributed by atoms with Crippen LogP contribution in [0.3, 0.4) is 0 Å². The van der Waals surface area contributed by atoms with E-state index in [9.17, 15) is 14.3 Å². The third-order valence-corrected chi connectivity index (χ3v) is 3.93. The molecule has 0 bridgehead atoms. The van der Waals surface area contributed by atoms with Gasteiger partial charge < -0.3 is 9.84 Å². The van der Waals surface area contributed by atoms with Gasteiger partial charge in [-0.25, -0.2) is 9.18 Å². The van der Waals surface area contributed by atoms with E-state index >= 15 is 0 Å². The molecule has 3 nitrogen and oxygen atoms in total. The lowest BCUT2D eigenvalue weighted by Gasteiger charge is -2.15. The average molecular weight is 286 g/mol. The number of methoxy groups -OCH3 is 1. The summed E-state index contributed by atoms with van der Waals surface area (Å²) in [5.74, 6) is -0.825. The summed E-state index contributed by atoms with van der Waals surface area (Å²) in [4.78, 5) is 11.6. The molecule has 0 aromatic heterocycles. The Bertz CT molecular complexity index is 709. The van der Waals surface area contributed by atoms with Crippen molar-refractivity contribution in [2.75, 3.05) is 7.11 Å². The molecule has 0 spiro atoms. The fourth-order valence-corrected chi connectivity index (χ4v) is 2.81. The predicted octanol–water partition coefficient (Wildman–Crippen LogP) is 2.79. The zero-order valence-electron chi connectivity index (χ0n) is 11.6. The van der Waals surface area contributed by atoms with Crippen LogP contribution in [-0.2, 0) is 17.6 Å². The molecule has 2 aromatic rings. The smallest absolute Gasteiger partial charge is 0.337 e. The quantitative estimate of drug-likeness (QED) is 0.820. The van der Waals surface area contributed by atoms with Crippen molar-refractivity contribution >= 4 is 5.97 Å². The van der Waals surface area contributed by atoms with E-state index in [-0.39, 0.29) is 5.82 Å².